The van der Waals surface area contributed by atoms with Crippen molar-refractivity contribution in [3.05, 3.63) is 211 Å². The third-order valence-corrected chi connectivity index (χ3v) is 13.2. The summed E-state index contributed by atoms with van der Waals surface area (Å²) in [5.74, 6) is 0.417. The van der Waals surface area contributed by atoms with E-state index in [9.17, 15) is 20.1 Å². The highest BCUT2D eigenvalue weighted by Crippen LogP contribution is 2.38. The van der Waals surface area contributed by atoms with Gasteiger partial charge in [-0.25, -0.2) is 19.3 Å². The SMILES string of the molecule is N/C(=N\O)c1ccccc1.[C-]#[N+]c1ccc(N[C@@H](C(=O)O)[C@@H](C)O)c(C)c1Cl.[C-]#[N+]c1ccc(N[C@@H](c2nc(-c3ccccc3)no2)[C@@H](C)O)c(C)c1Cl.[C-]#[N+]c1ccc(N[C@@H](c2nc(-c3ccccc3)no2)[C@@H](C)O)c(C)c1Cl. The lowest BCUT2D eigenvalue weighted by atomic mass is 10.1. The van der Waals surface area contributed by atoms with Gasteiger partial charge in [0.1, 0.15) is 12.1 Å². The lowest BCUT2D eigenvalue weighted by Crippen LogP contribution is -2.39. The minimum absolute atomic E-state index is 0.139. The van der Waals surface area contributed by atoms with Gasteiger partial charge in [0.15, 0.2) is 11.9 Å². The molecule has 0 fully saturated rings. The molecule has 8 aromatic rings. The molecule has 0 saturated heterocycles. The molecule has 0 amide bonds. The van der Waals surface area contributed by atoms with E-state index < -0.39 is 42.4 Å². The molecule has 0 unspecified atom stereocenters. The Bertz CT molecular complexity index is 3350. The molecule has 20 nitrogen and oxygen atoms in total. The number of nitrogens with one attached hydrogen (secondary N) is 3. The molecule has 0 spiro atoms. The number of aliphatic carboxylic acids is 1. The zero-order valence-electron chi connectivity index (χ0n) is 43.8. The van der Waals surface area contributed by atoms with E-state index >= 15 is 0 Å². The van der Waals surface area contributed by atoms with E-state index in [-0.39, 0.29) is 22.6 Å². The van der Waals surface area contributed by atoms with Crippen molar-refractivity contribution in [3.63, 3.8) is 0 Å². The van der Waals surface area contributed by atoms with Crippen molar-refractivity contribution in [1.82, 2.24) is 20.3 Å². The number of carboxylic acid groups (broad SMARTS) is 1. The van der Waals surface area contributed by atoms with Crippen molar-refractivity contribution >= 4 is 80.7 Å². The van der Waals surface area contributed by atoms with E-state index in [1.54, 1.807) is 63.2 Å². The van der Waals surface area contributed by atoms with Crippen LogP contribution >= 0.6 is 34.8 Å². The van der Waals surface area contributed by atoms with Crippen molar-refractivity contribution < 1.29 is 39.5 Å². The number of hydrogen-bond donors (Lipinski definition) is 9. The molecule has 23 heteroatoms. The predicted molar refractivity (Wildman–Crippen MR) is 309 cm³/mol. The van der Waals surface area contributed by atoms with Gasteiger partial charge in [0.05, 0.1) is 53.1 Å². The van der Waals surface area contributed by atoms with Crippen LogP contribution in [0.25, 0.3) is 37.3 Å². The highest BCUT2D eigenvalue weighted by molar-refractivity contribution is 6.35. The molecule has 2 aromatic heterocycles. The monoisotopic (exact) mass is 1140 g/mol. The predicted octanol–water partition coefficient (Wildman–Crippen LogP) is 12.8. The fourth-order valence-corrected chi connectivity index (χ4v) is 7.83. The Labute approximate surface area is 476 Å². The lowest BCUT2D eigenvalue weighted by Gasteiger charge is -2.21. The number of aliphatic hydroxyl groups is 3. The van der Waals surface area contributed by atoms with Crippen LogP contribution < -0.4 is 21.7 Å². The number of amidine groups is 1. The topological polar surface area (TPSA) is 284 Å². The maximum Gasteiger partial charge on any atom is 0.328 e. The van der Waals surface area contributed by atoms with Gasteiger partial charge in [-0.2, -0.15) is 9.97 Å². The van der Waals surface area contributed by atoms with E-state index in [1.807, 2.05) is 92.7 Å². The molecule has 2 heterocycles. The van der Waals surface area contributed by atoms with E-state index in [4.69, 9.17) is 79.6 Å². The van der Waals surface area contributed by atoms with Gasteiger partial charge >= 0.3 is 5.97 Å². The van der Waals surface area contributed by atoms with Crippen LogP contribution in [0.3, 0.4) is 0 Å². The summed E-state index contributed by atoms with van der Waals surface area (Å²) in [7, 11) is 0. The van der Waals surface area contributed by atoms with Gasteiger partial charge in [0.25, 0.3) is 11.8 Å². The van der Waals surface area contributed by atoms with Crippen LogP contribution in [0, 0.1) is 40.5 Å². The molecular weight excluding hydrogens is 1090 g/mol. The molecular formula is C57H55Cl3N12O8. The molecule has 412 valence electrons. The van der Waals surface area contributed by atoms with E-state index in [2.05, 4.69) is 55.9 Å². The first-order chi connectivity index (χ1) is 38.2. The maximum atomic E-state index is 11.0. The van der Waals surface area contributed by atoms with Crippen LogP contribution in [-0.4, -0.2) is 82.1 Å². The number of rotatable bonds is 15. The third kappa shape index (κ3) is 16.3. The van der Waals surface area contributed by atoms with Gasteiger partial charge in [-0.3, -0.25) is 0 Å². The summed E-state index contributed by atoms with van der Waals surface area (Å²) < 4.78 is 10.7. The van der Waals surface area contributed by atoms with Crippen molar-refractivity contribution in [1.29, 1.82) is 0 Å². The fraction of sp³-hybridized carbons (Fsp3) is 0.211. The summed E-state index contributed by atoms with van der Waals surface area (Å²) >= 11 is 18.4. The lowest BCUT2D eigenvalue weighted by molar-refractivity contribution is -0.140. The smallest absolute Gasteiger partial charge is 0.328 e. The maximum absolute atomic E-state index is 11.0. The second kappa shape index (κ2) is 29.6. The first-order valence-corrected chi connectivity index (χ1v) is 25.3. The van der Waals surface area contributed by atoms with Crippen LogP contribution in [-0.2, 0) is 4.79 Å². The molecule has 0 aliphatic rings. The van der Waals surface area contributed by atoms with Gasteiger partial charge in [-0.05, 0) is 76.4 Å². The van der Waals surface area contributed by atoms with Crippen LogP contribution in [0.4, 0.5) is 34.1 Å². The molecule has 8 rings (SSSR count). The number of carboxylic acids is 1. The van der Waals surface area contributed by atoms with Gasteiger partial charge in [0.2, 0.25) is 28.7 Å². The summed E-state index contributed by atoms with van der Waals surface area (Å²) in [6, 6.07) is 35.4. The first kappa shape index (κ1) is 61.8. The normalized spacial score (nSPS) is 12.9. The fourth-order valence-electron chi connectivity index (χ4n) is 7.21. The molecule has 0 radical (unpaired) electrons. The first-order valence-electron chi connectivity index (χ1n) is 24.1. The highest BCUT2D eigenvalue weighted by atomic mass is 35.5. The zero-order valence-corrected chi connectivity index (χ0v) is 46.1. The molecule has 6 aromatic carbocycles. The standard InChI is InChI=1S/2C19H17ClN4O2.C12H13ClN2O3.C7H8N2O/c2*1-11-14(9-10-15(21-3)16(11)20)22-17(12(2)25)19-23-18(24-26-19)13-7-5-4-6-8-13;1-6-8(4-5-9(14-3)10(6)13)15-11(7(2)16)12(17)18;8-7(9-10)6-4-2-1-3-5-6/h2*4-10,12,17,22,25H,1-2H3;4-5,7,11,15-16H,1-2H3,(H,17,18);1-5,10H,(H2,8,9)/t2*12-,17-;7-,11-;/m111./s1. The summed E-state index contributed by atoms with van der Waals surface area (Å²) in [6.45, 7) is 31.1. The average molecular weight is 1140 g/mol. The number of aliphatic hydroxyl groups excluding tert-OH is 3. The quantitative estimate of drug-likeness (QED) is 0.0152. The molecule has 6 atom stereocenters. The Morgan fingerprint density at radius 1 is 0.562 bits per heavy atom. The van der Waals surface area contributed by atoms with Crippen LogP contribution in [0.5, 0.6) is 0 Å². The summed E-state index contributed by atoms with van der Waals surface area (Å²) in [5, 5.41) is 67.9. The van der Waals surface area contributed by atoms with Gasteiger partial charge in [-0.15, -0.1) is 0 Å². The molecule has 0 aliphatic carbocycles. The number of halogens is 3. The number of nitrogens with zero attached hydrogens (tertiary/aromatic N) is 8. The number of nitrogens with two attached hydrogens (primary N) is 1. The van der Waals surface area contributed by atoms with Crippen LogP contribution in [0.15, 0.2) is 142 Å². The van der Waals surface area contributed by atoms with Gasteiger partial charge in [-0.1, -0.05) is 159 Å². The summed E-state index contributed by atoms with van der Waals surface area (Å²) in [4.78, 5) is 29.8. The zero-order chi connectivity index (χ0) is 58.6. The number of benzene rings is 6. The number of aromatic nitrogens is 4. The average Bonchev–Trinajstić information content (AvgIpc) is 4.19. The minimum atomic E-state index is -1.16. The molecule has 0 saturated carbocycles. The van der Waals surface area contributed by atoms with Gasteiger partial charge in [0, 0.05) is 33.8 Å². The van der Waals surface area contributed by atoms with Crippen LogP contribution in [0.2, 0.25) is 15.1 Å². The second-order valence-corrected chi connectivity index (χ2v) is 18.6. The van der Waals surface area contributed by atoms with Crippen LogP contribution in [0.1, 0.15) is 66.9 Å². The molecule has 10 N–H and O–H groups in total. The van der Waals surface area contributed by atoms with E-state index in [0.717, 1.165) is 16.7 Å². The largest absolute Gasteiger partial charge is 0.480 e. The Hall–Kier alpha value is -9.04. The Morgan fingerprint density at radius 2 is 0.900 bits per heavy atom. The number of hydrogen-bond acceptors (Lipinski definition) is 15. The Kier molecular flexibility index (Phi) is 22.9. The molecule has 0 bridgehead atoms. The van der Waals surface area contributed by atoms with Gasteiger partial charge < -0.3 is 56.4 Å². The van der Waals surface area contributed by atoms with E-state index in [0.29, 0.717) is 72.5 Å². The van der Waals surface area contributed by atoms with Crippen molar-refractivity contribution in [3.8, 4) is 22.8 Å². The minimum Gasteiger partial charge on any atom is -0.480 e. The van der Waals surface area contributed by atoms with Crippen molar-refractivity contribution in [2.75, 3.05) is 16.0 Å². The van der Waals surface area contributed by atoms with Crippen molar-refractivity contribution in [2.24, 2.45) is 10.9 Å². The third-order valence-electron chi connectivity index (χ3n) is 11.8. The number of carbonyl (C=O) groups is 1. The molecule has 80 heavy (non-hydrogen) atoms. The summed E-state index contributed by atoms with van der Waals surface area (Å²) in [5.41, 5.74) is 12.6. The number of oxime groups is 1. The second-order valence-electron chi connectivity index (χ2n) is 17.5. The Morgan fingerprint density at radius 3 is 1.20 bits per heavy atom. The van der Waals surface area contributed by atoms with E-state index in [1.165, 1.54) is 13.0 Å². The molecule has 0 aliphatic heterocycles. The van der Waals surface area contributed by atoms with Crippen molar-refractivity contribution in [2.45, 2.75) is 78.0 Å². The highest BCUT2D eigenvalue weighted by Gasteiger charge is 2.28. The Balaban J connectivity index is 0.000000206. The summed E-state index contributed by atoms with van der Waals surface area (Å²) in [6.07, 6.45) is -2.64. The number of anilines is 3.